The number of nitrogens with zero attached hydrogens (tertiary/aromatic N) is 5. The lowest BCUT2D eigenvalue weighted by Gasteiger charge is -2.32. The highest BCUT2D eigenvalue weighted by Gasteiger charge is 2.28. The van der Waals surface area contributed by atoms with Crippen molar-refractivity contribution in [3.63, 3.8) is 0 Å². The van der Waals surface area contributed by atoms with Gasteiger partial charge in [-0.2, -0.15) is 10.2 Å². The lowest BCUT2D eigenvalue weighted by molar-refractivity contribution is 0.148. The van der Waals surface area contributed by atoms with Gasteiger partial charge in [-0.15, -0.1) is 11.3 Å². The summed E-state index contributed by atoms with van der Waals surface area (Å²) in [5.74, 6) is 0. The number of hydrogen-bond donors (Lipinski definition) is 1. The quantitative estimate of drug-likeness (QED) is 0.385. The largest absolute Gasteiger partial charge is 0.304 e. The topological polar surface area (TPSA) is 53.0 Å². The Bertz CT molecular complexity index is 1550. The van der Waals surface area contributed by atoms with Gasteiger partial charge in [0.1, 0.15) is 0 Å². The summed E-state index contributed by atoms with van der Waals surface area (Å²) in [5.41, 5.74) is 9.84. The van der Waals surface area contributed by atoms with E-state index in [9.17, 15) is 0 Å². The van der Waals surface area contributed by atoms with Gasteiger partial charge >= 0.3 is 0 Å². The zero-order valence-electron chi connectivity index (χ0n) is 20.1. The van der Waals surface area contributed by atoms with Crippen molar-refractivity contribution in [1.29, 1.82) is 0 Å². The van der Waals surface area contributed by atoms with Crippen LogP contribution < -0.4 is 0 Å². The highest BCUT2D eigenvalue weighted by Crippen LogP contribution is 2.46. The molecule has 0 atom stereocenters. The minimum Gasteiger partial charge on any atom is -0.304 e. The van der Waals surface area contributed by atoms with E-state index in [1.54, 1.807) is 0 Å². The summed E-state index contributed by atoms with van der Waals surface area (Å²) in [6.07, 6.45) is 2.85. The molecule has 1 saturated heterocycles. The molecule has 0 bridgehead atoms. The van der Waals surface area contributed by atoms with Crippen molar-refractivity contribution < 1.29 is 0 Å². The lowest BCUT2D eigenvalue weighted by Crippen LogP contribution is -2.43. The van der Waals surface area contributed by atoms with Gasteiger partial charge < -0.3 is 4.90 Å². The van der Waals surface area contributed by atoms with E-state index in [1.165, 1.54) is 37.7 Å². The number of aromatic amines is 1. The fourth-order valence-electron chi connectivity index (χ4n) is 5.45. The second kappa shape index (κ2) is 8.16. The predicted molar refractivity (Wildman–Crippen MR) is 143 cm³/mol. The van der Waals surface area contributed by atoms with E-state index in [0.29, 0.717) is 0 Å². The Hall–Kier alpha value is -3.26. The van der Waals surface area contributed by atoms with Crippen LogP contribution in [0.4, 0.5) is 0 Å². The number of nitrogens with one attached hydrogen (secondary N) is 1. The van der Waals surface area contributed by atoms with Crippen molar-refractivity contribution in [2.75, 3.05) is 33.2 Å². The molecule has 0 saturated carbocycles. The van der Waals surface area contributed by atoms with Gasteiger partial charge in [-0.3, -0.25) is 14.7 Å². The number of aryl methyl sites for hydroxylation is 1. The molecule has 0 unspecified atom stereocenters. The van der Waals surface area contributed by atoms with Crippen molar-refractivity contribution >= 4 is 22.2 Å². The number of likely N-dealkylation sites (N-methyl/N-ethyl adjacent to an activating group) is 1. The number of benzene rings is 2. The lowest BCUT2D eigenvalue weighted by atomic mass is 10.0. The van der Waals surface area contributed by atoms with Gasteiger partial charge in [-0.1, -0.05) is 30.3 Å². The molecule has 2 aromatic carbocycles. The Labute approximate surface area is 208 Å². The molecule has 3 aromatic heterocycles. The van der Waals surface area contributed by atoms with Crippen LogP contribution in [0.5, 0.6) is 0 Å². The van der Waals surface area contributed by atoms with Crippen molar-refractivity contribution in [2.45, 2.75) is 13.0 Å². The first kappa shape index (κ1) is 21.1. The van der Waals surface area contributed by atoms with Gasteiger partial charge in [0.05, 0.1) is 23.1 Å². The first-order valence-corrected chi connectivity index (χ1v) is 13.1. The van der Waals surface area contributed by atoms with Crippen LogP contribution in [0, 0.1) is 0 Å². The normalized spacial score (nSPS) is 16.2. The maximum atomic E-state index is 4.74. The van der Waals surface area contributed by atoms with Gasteiger partial charge in [-0.05, 0) is 36.4 Å². The highest BCUT2D eigenvalue weighted by atomic mass is 32.1. The summed E-state index contributed by atoms with van der Waals surface area (Å²) < 4.78 is 1.92. The van der Waals surface area contributed by atoms with E-state index in [1.807, 2.05) is 29.3 Å². The Balaban J connectivity index is 1.16. The van der Waals surface area contributed by atoms with Gasteiger partial charge in [-0.25, -0.2) is 0 Å². The number of piperazine rings is 1. The number of rotatable bonds is 4. The second-order valence-corrected chi connectivity index (χ2v) is 11.0. The molecule has 176 valence electrons. The molecule has 35 heavy (non-hydrogen) atoms. The van der Waals surface area contributed by atoms with E-state index in [-0.39, 0.29) is 0 Å². The molecule has 2 aliphatic rings. The molecule has 1 aliphatic carbocycles. The molecule has 1 aliphatic heterocycles. The molecule has 1 fully saturated rings. The average molecular weight is 481 g/mol. The summed E-state index contributed by atoms with van der Waals surface area (Å²) in [5, 5.41) is 13.6. The molecule has 4 heterocycles. The van der Waals surface area contributed by atoms with Gasteiger partial charge in [0.15, 0.2) is 0 Å². The molecule has 5 aromatic rings. The maximum absolute atomic E-state index is 4.74. The minimum atomic E-state index is 0.936. The monoisotopic (exact) mass is 480 g/mol. The summed E-state index contributed by atoms with van der Waals surface area (Å²) in [7, 11) is 4.20. The SMILES string of the molecule is CN1CCN(Cc2cccc(-c3cc4c(s3)Cc3c(-c5ccc6cnn(C)c6c5)n[nH]c3-4)c2)CC1. The first-order chi connectivity index (χ1) is 17.1. The van der Waals surface area contributed by atoms with Crippen molar-refractivity contribution in [3.05, 3.63) is 70.7 Å². The van der Waals surface area contributed by atoms with Crippen LogP contribution in [0.3, 0.4) is 0 Å². The van der Waals surface area contributed by atoms with Crippen LogP contribution in [-0.4, -0.2) is 63.0 Å². The van der Waals surface area contributed by atoms with E-state index in [0.717, 1.165) is 61.3 Å². The van der Waals surface area contributed by atoms with Crippen LogP contribution >= 0.6 is 11.3 Å². The number of aromatic nitrogens is 4. The maximum Gasteiger partial charge on any atom is 0.0963 e. The van der Waals surface area contributed by atoms with Crippen molar-refractivity contribution in [1.82, 2.24) is 29.8 Å². The fourth-order valence-corrected chi connectivity index (χ4v) is 6.63. The summed E-state index contributed by atoms with van der Waals surface area (Å²) in [4.78, 5) is 7.74. The van der Waals surface area contributed by atoms with Crippen molar-refractivity contribution in [3.8, 4) is 33.0 Å². The van der Waals surface area contributed by atoms with Gasteiger partial charge in [0.2, 0.25) is 0 Å². The summed E-state index contributed by atoms with van der Waals surface area (Å²) in [6.45, 7) is 5.63. The first-order valence-electron chi connectivity index (χ1n) is 12.2. The number of fused-ring (bicyclic) bond motifs is 4. The molecule has 7 rings (SSSR count). The van der Waals surface area contributed by atoms with Crippen LogP contribution in [0.15, 0.2) is 54.7 Å². The van der Waals surface area contributed by atoms with E-state index in [4.69, 9.17) is 5.10 Å². The van der Waals surface area contributed by atoms with Crippen LogP contribution in [0.25, 0.3) is 43.9 Å². The number of thiophene rings is 1. The van der Waals surface area contributed by atoms with Crippen LogP contribution in [0.2, 0.25) is 0 Å². The number of H-pyrrole nitrogens is 1. The zero-order chi connectivity index (χ0) is 23.5. The zero-order valence-corrected chi connectivity index (χ0v) is 20.9. The number of hydrogen-bond acceptors (Lipinski definition) is 5. The minimum absolute atomic E-state index is 0.936. The summed E-state index contributed by atoms with van der Waals surface area (Å²) >= 11 is 1.92. The van der Waals surface area contributed by atoms with E-state index in [2.05, 4.69) is 75.6 Å². The highest BCUT2D eigenvalue weighted by molar-refractivity contribution is 7.16. The van der Waals surface area contributed by atoms with Crippen LogP contribution in [0.1, 0.15) is 16.0 Å². The third kappa shape index (κ3) is 3.62. The third-order valence-electron chi connectivity index (χ3n) is 7.52. The van der Waals surface area contributed by atoms with E-state index >= 15 is 0 Å². The molecule has 7 heteroatoms. The second-order valence-electron chi connectivity index (χ2n) is 9.87. The predicted octanol–water partition coefficient (Wildman–Crippen LogP) is 5.01. The van der Waals surface area contributed by atoms with Crippen molar-refractivity contribution in [2.24, 2.45) is 7.05 Å². The molecule has 6 nitrogen and oxygen atoms in total. The molecule has 0 spiro atoms. The standard InChI is InChI=1S/C28H28N6S/c1-32-8-10-34(11-9-32)17-18-4-3-5-19(12-18)25-14-22-26(35-25)15-23-27(30-31-28(22)23)20-6-7-21-16-29-33(2)24(21)13-20/h3-7,12-14,16H,8-11,15,17H2,1-2H3,(H,30,31). The van der Waals surface area contributed by atoms with Gasteiger partial charge in [0.25, 0.3) is 0 Å². The fraction of sp³-hybridized carbons (Fsp3) is 0.286. The van der Waals surface area contributed by atoms with E-state index < -0.39 is 0 Å². The Morgan fingerprint density at radius 1 is 0.971 bits per heavy atom. The molecule has 1 N–H and O–H groups in total. The third-order valence-corrected chi connectivity index (χ3v) is 8.70. The van der Waals surface area contributed by atoms with Gasteiger partial charge in [0, 0.05) is 78.0 Å². The smallest absolute Gasteiger partial charge is 0.0963 e. The average Bonchev–Trinajstić information content (AvgIpc) is 3.62. The molecular formula is C28H28N6S. The Morgan fingerprint density at radius 2 is 1.86 bits per heavy atom. The molecule has 0 amide bonds. The Kier molecular flexibility index (Phi) is 4.91. The van der Waals surface area contributed by atoms with Crippen LogP contribution in [-0.2, 0) is 20.0 Å². The summed E-state index contributed by atoms with van der Waals surface area (Å²) in [6, 6.07) is 17.9. The molecule has 0 radical (unpaired) electrons. The molecular weight excluding hydrogens is 452 g/mol. The Morgan fingerprint density at radius 3 is 2.74 bits per heavy atom.